The fourth-order valence-corrected chi connectivity index (χ4v) is 1.00. The van der Waals surface area contributed by atoms with Crippen molar-refractivity contribution < 1.29 is 34.8 Å². The maximum atomic E-state index is 10.3. The number of carboxylic acids is 3. The lowest BCUT2D eigenvalue weighted by atomic mass is 9.96. The first-order chi connectivity index (χ1) is 9.19. The van der Waals surface area contributed by atoms with Crippen molar-refractivity contribution >= 4 is 17.9 Å². The molecule has 0 saturated heterocycles. The summed E-state index contributed by atoms with van der Waals surface area (Å²) >= 11 is 0. The minimum Gasteiger partial charge on any atom is -0.481 e. The number of carbonyl (C=O) groups is 3. The molecule has 0 aromatic carbocycles. The van der Waals surface area contributed by atoms with Crippen molar-refractivity contribution in [1.82, 2.24) is 5.32 Å². The average Bonchev–Trinajstić information content (AvgIpc) is 2.28. The number of rotatable bonds is 9. The Kier molecular flexibility index (Phi) is 10.8. The van der Waals surface area contributed by atoms with Crippen LogP contribution >= 0.6 is 0 Å². The molecule has 0 bridgehead atoms. The van der Waals surface area contributed by atoms with Gasteiger partial charge in [-0.2, -0.15) is 0 Å². The number of nitrogens with one attached hydrogen (secondary N) is 1. The first kappa shape index (κ1) is 20.1. The lowest BCUT2D eigenvalue weighted by Crippen LogP contribution is -2.42. The third-order valence-corrected chi connectivity index (χ3v) is 1.86. The molecule has 0 aliphatic rings. The van der Waals surface area contributed by atoms with Crippen LogP contribution in [0, 0.1) is 0 Å². The molecule has 8 heteroatoms. The summed E-state index contributed by atoms with van der Waals surface area (Å²) in [6.45, 7) is 8.81. The second-order valence-electron chi connectivity index (χ2n) is 3.71. The van der Waals surface area contributed by atoms with Gasteiger partial charge in [-0.3, -0.25) is 9.59 Å². The predicted molar refractivity (Wildman–Crippen MR) is 70.4 cm³/mol. The van der Waals surface area contributed by atoms with E-state index in [9.17, 15) is 14.4 Å². The van der Waals surface area contributed by atoms with Crippen molar-refractivity contribution in [3.05, 3.63) is 25.3 Å². The Labute approximate surface area is 116 Å². The zero-order valence-electron chi connectivity index (χ0n) is 10.9. The summed E-state index contributed by atoms with van der Waals surface area (Å²) < 4.78 is 0. The zero-order valence-corrected chi connectivity index (χ0v) is 10.9. The summed E-state index contributed by atoms with van der Waals surface area (Å²) in [4.78, 5) is 30.5. The fourth-order valence-electron chi connectivity index (χ4n) is 1.00. The molecule has 0 spiro atoms. The molecular formula is C12H19NO7. The molecule has 0 unspecified atom stereocenters. The van der Waals surface area contributed by atoms with Crippen molar-refractivity contribution in [2.75, 3.05) is 13.1 Å². The maximum Gasteiger partial charge on any atom is 0.336 e. The first-order valence-electron chi connectivity index (χ1n) is 5.51. The molecule has 20 heavy (non-hydrogen) atoms. The van der Waals surface area contributed by atoms with E-state index in [4.69, 9.17) is 20.4 Å². The Bertz CT molecular complexity index is 341. The Morgan fingerprint density at radius 1 is 0.950 bits per heavy atom. The minimum absolute atomic E-state index is 0.867. The summed E-state index contributed by atoms with van der Waals surface area (Å²) in [6.07, 6.45) is 1.36. The van der Waals surface area contributed by atoms with Gasteiger partial charge in [-0.15, -0.1) is 13.2 Å². The molecule has 5 N–H and O–H groups in total. The molecule has 0 atom stereocenters. The molecule has 0 aliphatic heterocycles. The Morgan fingerprint density at radius 2 is 1.30 bits per heavy atom. The smallest absolute Gasteiger partial charge is 0.336 e. The van der Waals surface area contributed by atoms with Gasteiger partial charge in [-0.25, -0.2) is 4.79 Å². The quantitative estimate of drug-likeness (QED) is 0.287. The van der Waals surface area contributed by atoms with Crippen LogP contribution in [0.2, 0.25) is 0 Å². The van der Waals surface area contributed by atoms with E-state index in [0.717, 1.165) is 13.1 Å². The molecule has 0 aromatic heterocycles. The Morgan fingerprint density at radius 3 is 1.50 bits per heavy atom. The highest BCUT2D eigenvalue weighted by Gasteiger charge is 2.40. The number of carboxylic acid groups (broad SMARTS) is 3. The van der Waals surface area contributed by atoms with E-state index < -0.39 is 36.4 Å². The van der Waals surface area contributed by atoms with Gasteiger partial charge in [-0.1, -0.05) is 12.2 Å². The summed E-state index contributed by atoms with van der Waals surface area (Å²) in [6, 6.07) is 0. The van der Waals surface area contributed by atoms with Crippen LogP contribution in [0.5, 0.6) is 0 Å². The van der Waals surface area contributed by atoms with Gasteiger partial charge < -0.3 is 25.7 Å². The predicted octanol–water partition coefficient (Wildman–Crippen LogP) is -0.301. The number of aliphatic hydroxyl groups is 1. The number of hydrogen-bond donors (Lipinski definition) is 5. The fraction of sp³-hybridized carbons (Fsp3) is 0.417. The van der Waals surface area contributed by atoms with Crippen molar-refractivity contribution in [1.29, 1.82) is 0 Å². The molecule has 114 valence electrons. The Balaban J connectivity index is 0. The second-order valence-corrected chi connectivity index (χ2v) is 3.71. The van der Waals surface area contributed by atoms with E-state index >= 15 is 0 Å². The summed E-state index contributed by atoms with van der Waals surface area (Å²) in [5.74, 6) is -5.02. The van der Waals surface area contributed by atoms with Gasteiger partial charge in [-0.05, 0) is 0 Å². The molecule has 0 aliphatic carbocycles. The van der Waals surface area contributed by atoms with Crippen LogP contribution < -0.4 is 5.32 Å². The second kappa shape index (κ2) is 10.7. The van der Waals surface area contributed by atoms with Crippen LogP contribution in [0.1, 0.15) is 12.8 Å². The maximum absolute atomic E-state index is 10.3. The molecule has 0 aromatic rings. The standard InChI is InChI=1S/C6H11N.C6H8O7/c1-3-5-7-6-4-2;7-3(8)1-6(13,5(11)12)2-4(9)10/h3-4,7H,1-2,5-6H2;13H,1-2H2,(H,7,8)(H,9,10)(H,11,12). The van der Waals surface area contributed by atoms with Crippen LogP contribution in [0.4, 0.5) is 0 Å². The lowest BCUT2D eigenvalue weighted by molar-refractivity contribution is -0.170. The third-order valence-electron chi connectivity index (χ3n) is 1.86. The number of aliphatic carboxylic acids is 3. The highest BCUT2D eigenvalue weighted by atomic mass is 16.4. The van der Waals surface area contributed by atoms with E-state index in [2.05, 4.69) is 18.5 Å². The minimum atomic E-state index is -2.74. The van der Waals surface area contributed by atoms with E-state index in [1.54, 1.807) is 0 Å². The van der Waals surface area contributed by atoms with Crippen LogP contribution in [-0.2, 0) is 14.4 Å². The van der Waals surface area contributed by atoms with Gasteiger partial charge in [0.25, 0.3) is 0 Å². The highest BCUT2D eigenvalue weighted by Crippen LogP contribution is 2.15. The van der Waals surface area contributed by atoms with Gasteiger partial charge >= 0.3 is 17.9 Å². The van der Waals surface area contributed by atoms with E-state index in [1.165, 1.54) is 0 Å². The molecule has 0 fully saturated rings. The van der Waals surface area contributed by atoms with Gasteiger partial charge in [0, 0.05) is 13.1 Å². The van der Waals surface area contributed by atoms with Crippen LogP contribution in [0.25, 0.3) is 0 Å². The van der Waals surface area contributed by atoms with E-state index in [1.807, 2.05) is 12.2 Å². The van der Waals surface area contributed by atoms with Gasteiger partial charge in [0.05, 0.1) is 12.8 Å². The lowest BCUT2D eigenvalue weighted by Gasteiger charge is -2.18. The third kappa shape index (κ3) is 10.9. The number of hydrogen-bond acceptors (Lipinski definition) is 5. The average molecular weight is 289 g/mol. The normalized spacial score (nSPS) is 9.85. The topological polar surface area (TPSA) is 144 Å². The first-order valence-corrected chi connectivity index (χ1v) is 5.51. The SMILES string of the molecule is C=CCNCC=C.O=C(O)CC(O)(CC(=O)O)C(=O)O. The van der Waals surface area contributed by atoms with Crippen LogP contribution in [0.3, 0.4) is 0 Å². The van der Waals surface area contributed by atoms with Crippen molar-refractivity contribution in [3.63, 3.8) is 0 Å². The Hall–Kier alpha value is -2.19. The summed E-state index contributed by atoms with van der Waals surface area (Å²) in [5.41, 5.74) is -2.74. The molecule has 0 amide bonds. The summed E-state index contributed by atoms with van der Waals surface area (Å²) in [7, 11) is 0. The van der Waals surface area contributed by atoms with E-state index in [0.29, 0.717) is 0 Å². The van der Waals surface area contributed by atoms with Gasteiger partial charge in [0.1, 0.15) is 0 Å². The highest BCUT2D eigenvalue weighted by molar-refractivity contribution is 5.88. The molecule has 0 heterocycles. The van der Waals surface area contributed by atoms with Crippen LogP contribution in [0.15, 0.2) is 25.3 Å². The summed E-state index contributed by atoms with van der Waals surface area (Å²) in [5, 5.41) is 36.9. The van der Waals surface area contributed by atoms with E-state index in [-0.39, 0.29) is 0 Å². The van der Waals surface area contributed by atoms with Gasteiger partial charge in [0.15, 0.2) is 5.60 Å². The van der Waals surface area contributed by atoms with Gasteiger partial charge in [0.2, 0.25) is 0 Å². The largest absolute Gasteiger partial charge is 0.481 e. The van der Waals surface area contributed by atoms with Crippen LogP contribution in [-0.4, -0.2) is 57.0 Å². The van der Waals surface area contributed by atoms with Crippen molar-refractivity contribution in [2.24, 2.45) is 0 Å². The molecule has 8 nitrogen and oxygen atoms in total. The molecule has 0 rings (SSSR count). The monoisotopic (exact) mass is 289 g/mol. The molecular weight excluding hydrogens is 270 g/mol. The zero-order chi connectivity index (χ0) is 16.2. The van der Waals surface area contributed by atoms with Crippen molar-refractivity contribution in [2.45, 2.75) is 18.4 Å². The molecule has 0 radical (unpaired) electrons. The van der Waals surface area contributed by atoms with Crippen molar-refractivity contribution in [3.8, 4) is 0 Å². The molecule has 0 saturated carbocycles.